The molecule has 0 spiro atoms. The van der Waals surface area contributed by atoms with Crippen LogP contribution in [0.25, 0.3) is 0 Å². The molecule has 160 valence electrons. The van der Waals surface area contributed by atoms with Gasteiger partial charge in [-0.1, -0.05) is 12.1 Å². The number of benzene rings is 2. The van der Waals surface area contributed by atoms with Crippen LogP contribution in [0.1, 0.15) is 12.0 Å². The zero-order chi connectivity index (χ0) is 22.3. The van der Waals surface area contributed by atoms with Crippen LogP contribution in [0.4, 0.5) is 30.2 Å². The van der Waals surface area contributed by atoms with Gasteiger partial charge in [-0.15, -0.1) is 11.8 Å². The van der Waals surface area contributed by atoms with Crippen LogP contribution in [0.5, 0.6) is 0 Å². The quantitative estimate of drug-likeness (QED) is 0.309. The predicted molar refractivity (Wildman–Crippen MR) is 106 cm³/mol. The largest absolute Gasteiger partial charge is 0.416 e. The lowest BCUT2D eigenvalue weighted by atomic mass is 10.1. The maximum Gasteiger partial charge on any atom is 0.416 e. The number of thioether (sulfide) groups is 1. The van der Waals surface area contributed by atoms with E-state index in [0.29, 0.717) is 16.6 Å². The smallest absolute Gasteiger partial charge is 0.379 e. The Hall–Kier alpha value is -3.28. The number of primary amides is 1. The number of halogens is 3. The van der Waals surface area contributed by atoms with Crippen molar-refractivity contribution in [2.24, 2.45) is 5.73 Å². The van der Waals surface area contributed by atoms with Crippen molar-refractivity contribution in [3.63, 3.8) is 0 Å². The molecule has 2 amide bonds. The van der Waals surface area contributed by atoms with Crippen molar-refractivity contribution in [1.82, 2.24) is 0 Å². The molecule has 0 aliphatic carbocycles. The average Bonchev–Trinajstić information content (AvgIpc) is 2.66. The first-order valence-corrected chi connectivity index (χ1v) is 9.46. The predicted octanol–water partition coefficient (Wildman–Crippen LogP) is 3.63. The van der Waals surface area contributed by atoms with Crippen LogP contribution in [-0.2, 0) is 15.8 Å². The number of nitrogens with two attached hydrogens (primary N) is 1. The van der Waals surface area contributed by atoms with Crippen LogP contribution in [0.15, 0.2) is 47.4 Å². The number of nitrogens with zero attached hydrogens (tertiary/aromatic N) is 1. The number of anilines is 2. The van der Waals surface area contributed by atoms with Gasteiger partial charge in [-0.25, -0.2) is 0 Å². The standard InChI is InChI=1S/C18H17F3N4O4S/c19-18(20,21)11-5-6-12(14(9-11)25(28)29)23-8-7-17(27)24-13-3-1-2-4-15(13)30-10-16(22)26/h1-6,9,23H,7-8,10H2,(H2,22,26)(H,24,27). The van der Waals surface area contributed by atoms with E-state index in [-0.39, 0.29) is 24.4 Å². The number of rotatable bonds is 9. The highest BCUT2D eigenvalue weighted by atomic mass is 32.2. The van der Waals surface area contributed by atoms with E-state index in [4.69, 9.17) is 5.73 Å². The molecule has 0 aliphatic rings. The highest BCUT2D eigenvalue weighted by Crippen LogP contribution is 2.35. The molecule has 8 nitrogen and oxygen atoms in total. The van der Waals surface area contributed by atoms with Crippen molar-refractivity contribution in [3.8, 4) is 0 Å². The van der Waals surface area contributed by atoms with Crippen LogP contribution in [0, 0.1) is 10.1 Å². The highest BCUT2D eigenvalue weighted by Gasteiger charge is 2.33. The van der Waals surface area contributed by atoms with Gasteiger partial charge in [-0.3, -0.25) is 19.7 Å². The Morgan fingerprint density at radius 3 is 2.47 bits per heavy atom. The summed E-state index contributed by atoms with van der Waals surface area (Å²) in [6, 6.07) is 8.87. The minimum absolute atomic E-state index is 0.0338. The molecule has 0 aromatic heterocycles. The summed E-state index contributed by atoms with van der Waals surface area (Å²) >= 11 is 1.15. The summed E-state index contributed by atoms with van der Waals surface area (Å²) in [5.74, 6) is -0.904. The molecular weight excluding hydrogens is 425 g/mol. The minimum atomic E-state index is -4.71. The maximum absolute atomic E-state index is 12.7. The fourth-order valence-corrected chi connectivity index (χ4v) is 3.12. The van der Waals surface area contributed by atoms with Gasteiger partial charge in [-0.2, -0.15) is 13.2 Å². The Bertz CT molecular complexity index is 953. The molecule has 0 bridgehead atoms. The molecule has 0 atom stereocenters. The Morgan fingerprint density at radius 2 is 1.83 bits per heavy atom. The van der Waals surface area contributed by atoms with Crippen LogP contribution < -0.4 is 16.4 Å². The van der Waals surface area contributed by atoms with Gasteiger partial charge in [-0.05, 0) is 24.3 Å². The molecule has 0 heterocycles. The molecule has 2 aromatic carbocycles. The second-order valence-corrected chi connectivity index (χ2v) is 6.98. The fourth-order valence-electron chi connectivity index (χ4n) is 2.38. The van der Waals surface area contributed by atoms with Gasteiger partial charge in [0, 0.05) is 23.9 Å². The molecule has 2 rings (SSSR count). The normalized spacial score (nSPS) is 11.0. The van der Waals surface area contributed by atoms with E-state index in [2.05, 4.69) is 10.6 Å². The number of nitro groups is 1. The lowest BCUT2D eigenvalue weighted by Crippen LogP contribution is -2.17. The highest BCUT2D eigenvalue weighted by molar-refractivity contribution is 8.00. The first-order chi connectivity index (χ1) is 14.1. The Kier molecular flexibility index (Phi) is 7.64. The van der Waals surface area contributed by atoms with E-state index in [0.717, 1.165) is 23.9 Å². The van der Waals surface area contributed by atoms with Gasteiger partial charge >= 0.3 is 6.18 Å². The zero-order valence-corrected chi connectivity index (χ0v) is 16.2. The van der Waals surface area contributed by atoms with Crippen molar-refractivity contribution in [2.75, 3.05) is 22.9 Å². The van der Waals surface area contributed by atoms with E-state index in [1.165, 1.54) is 0 Å². The van der Waals surface area contributed by atoms with Crippen LogP contribution in [0.2, 0.25) is 0 Å². The van der Waals surface area contributed by atoms with Gasteiger partial charge in [0.25, 0.3) is 5.69 Å². The first-order valence-electron chi connectivity index (χ1n) is 8.47. The topological polar surface area (TPSA) is 127 Å². The van der Waals surface area contributed by atoms with Crippen LogP contribution >= 0.6 is 11.8 Å². The average molecular weight is 442 g/mol. The third-order valence-electron chi connectivity index (χ3n) is 3.72. The second kappa shape index (κ2) is 9.96. The third kappa shape index (κ3) is 6.65. The number of para-hydroxylation sites is 1. The summed E-state index contributed by atoms with van der Waals surface area (Å²) in [5.41, 5.74) is 3.58. The maximum atomic E-state index is 12.7. The molecule has 30 heavy (non-hydrogen) atoms. The summed E-state index contributed by atoms with van der Waals surface area (Å²) in [6.07, 6.45) is -4.81. The molecule has 0 unspecified atom stereocenters. The Morgan fingerprint density at radius 1 is 1.13 bits per heavy atom. The van der Waals surface area contributed by atoms with Gasteiger partial charge in [0.05, 0.1) is 21.9 Å². The molecule has 2 aromatic rings. The zero-order valence-electron chi connectivity index (χ0n) is 15.4. The number of nitro benzene ring substituents is 1. The van der Waals surface area contributed by atoms with Gasteiger partial charge < -0.3 is 16.4 Å². The van der Waals surface area contributed by atoms with E-state index < -0.39 is 34.2 Å². The molecular formula is C18H17F3N4O4S. The lowest BCUT2D eigenvalue weighted by molar-refractivity contribution is -0.384. The molecule has 0 saturated carbocycles. The second-order valence-electron chi connectivity index (χ2n) is 5.96. The number of amides is 2. The van der Waals surface area contributed by atoms with Crippen LogP contribution in [0.3, 0.4) is 0 Å². The van der Waals surface area contributed by atoms with Crippen molar-refractivity contribution < 1.29 is 27.7 Å². The molecule has 0 aliphatic heterocycles. The minimum Gasteiger partial charge on any atom is -0.379 e. The molecule has 12 heteroatoms. The summed E-state index contributed by atoms with van der Waals surface area (Å²) in [5, 5.41) is 16.3. The van der Waals surface area contributed by atoms with Gasteiger partial charge in [0.15, 0.2) is 0 Å². The van der Waals surface area contributed by atoms with E-state index >= 15 is 0 Å². The van der Waals surface area contributed by atoms with E-state index in [1.54, 1.807) is 24.3 Å². The SMILES string of the molecule is NC(=O)CSc1ccccc1NC(=O)CCNc1ccc(C(F)(F)F)cc1[N+](=O)[O-]. The van der Waals surface area contributed by atoms with Gasteiger partial charge in [0.1, 0.15) is 5.69 Å². The number of carbonyl (C=O) groups is 2. The van der Waals surface area contributed by atoms with Gasteiger partial charge in [0.2, 0.25) is 11.8 Å². The lowest BCUT2D eigenvalue weighted by Gasteiger charge is -2.12. The first kappa shape index (κ1) is 23.0. The van der Waals surface area contributed by atoms with E-state index in [1.807, 2.05) is 0 Å². The van der Waals surface area contributed by atoms with Crippen molar-refractivity contribution in [3.05, 3.63) is 58.1 Å². The summed E-state index contributed by atoms with van der Waals surface area (Å²) < 4.78 is 38.2. The molecule has 0 fully saturated rings. The summed E-state index contributed by atoms with van der Waals surface area (Å²) in [4.78, 5) is 33.9. The number of hydrogen-bond acceptors (Lipinski definition) is 6. The summed E-state index contributed by atoms with van der Waals surface area (Å²) in [6.45, 7) is -0.0470. The van der Waals surface area contributed by atoms with Crippen molar-refractivity contribution >= 4 is 40.6 Å². The van der Waals surface area contributed by atoms with Crippen LogP contribution in [-0.4, -0.2) is 29.0 Å². The fraction of sp³-hybridized carbons (Fsp3) is 0.222. The Labute approximate surface area is 173 Å². The van der Waals surface area contributed by atoms with Crippen molar-refractivity contribution in [1.29, 1.82) is 0 Å². The third-order valence-corrected chi connectivity index (χ3v) is 4.82. The number of alkyl halides is 3. The summed E-state index contributed by atoms with van der Waals surface area (Å²) in [7, 11) is 0. The number of nitrogens with one attached hydrogen (secondary N) is 2. The number of carbonyl (C=O) groups excluding carboxylic acids is 2. The monoisotopic (exact) mass is 442 g/mol. The Balaban J connectivity index is 1.98. The number of hydrogen-bond donors (Lipinski definition) is 3. The molecule has 4 N–H and O–H groups in total. The van der Waals surface area contributed by atoms with Crippen molar-refractivity contribution in [2.45, 2.75) is 17.5 Å². The van der Waals surface area contributed by atoms with E-state index in [9.17, 15) is 32.9 Å². The molecule has 0 saturated heterocycles. The molecule has 0 radical (unpaired) electrons.